The normalized spacial score (nSPS) is 14.2. The Balaban J connectivity index is 1.74. The summed E-state index contributed by atoms with van der Waals surface area (Å²) in [4.78, 5) is 24.0. The van der Waals surface area contributed by atoms with E-state index in [0.717, 1.165) is 14.3 Å². The number of nitrogens with zero attached hydrogens (tertiary/aromatic N) is 1. The van der Waals surface area contributed by atoms with Crippen molar-refractivity contribution in [3.63, 3.8) is 0 Å². The molecule has 0 bridgehead atoms. The molecule has 0 spiro atoms. The van der Waals surface area contributed by atoms with Gasteiger partial charge in [-0.2, -0.15) is 4.31 Å². The number of hydrogen-bond donors (Lipinski definition) is 2. The lowest BCUT2D eigenvalue weighted by Gasteiger charge is -2.18. The van der Waals surface area contributed by atoms with Crippen LogP contribution in [0.3, 0.4) is 0 Å². The summed E-state index contributed by atoms with van der Waals surface area (Å²) in [6, 6.07) is 11.7. The Kier molecular flexibility index (Phi) is 6.17. The van der Waals surface area contributed by atoms with Crippen molar-refractivity contribution >= 4 is 49.1 Å². The Labute approximate surface area is 172 Å². The molecular weight excluding hydrogens is 446 g/mol. The monoisotopic (exact) mass is 465 g/mol. The highest BCUT2D eigenvalue weighted by atomic mass is 79.9. The first-order valence-electron chi connectivity index (χ1n) is 8.70. The van der Waals surface area contributed by atoms with Gasteiger partial charge in [0.1, 0.15) is 0 Å². The molecule has 0 aliphatic carbocycles. The van der Waals surface area contributed by atoms with Crippen molar-refractivity contribution < 1.29 is 18.0 Å². The van der Waals surface area contributed by atoms with Gasteiger partial charge in [-0.05, 0) is 54.8 Å². The molecule has 0 fully saturated rings. The summed E-state index contributed by atoms with van der Waals surface area (Å²) < 4.78 is 27.5. The summed E-state index contributed by atoms with van der Waals surface area (Å²) in [7, 11) is -2.48. The number of sulfonamides is 1. The molecule has 2 aromatic carbocycles. The van der Waals surface area contributed by atoms with Gasteiger partial charge in [-0.15, -0.1) is 0 Å². The van der Waals surface area contributed by atoms with Crippen LogP contribution < -0.4 is 10.6 Å². The minimum atomic E-state index is -3.84. The number of carbonyl (C=O) groups is 2. The zero-order valence-electron chi connectivity index (χ0n) is 15.2. The van der Waals surface area contributed by atoms with Gasteiger partial charge < -0.3 is 10.6 Å². The minimum absolute atomic E-state index is 0.0734. The van der Waals surface area contributed by atoms with E-state index < -0.39 is 15.9 Å². The fourth-order valence-electron chi connectivity index (χ4n) is 2.95. The number of aryl methyl sites for hydroxylation is 1. The Morgan fingerprint density at radius 3 is 2.75 bits per heavy atom. The predicted octanol–water partition coefficient (Wildman–Crippen LogP) is 2.98. The molecule has 148 valence electrons. The molecule has 3 rings (SSSR count). The van der Waals surface area contributed by atoms with Crippen LogP contribution >= 0.6 is 15.9 Å². The van der Waals surface area contributed by atoms with E-state index in [1.54, 1.807) is 30.3 Å². The average molecular weight is 466 g/mol. The molecule has 0 saturated heterocycles. The van der Waals surface area contributed by atoms with Gasteiger partial charge in [0.25, 0.3) is 0 Å². The maximum Gasteiger partial charge on any atom is 0.243 e. The number of halogens is 1. The van der Waals surface area contributed by atoms with Crippen molar-refractivity contribution in [1.82, 2.24) is 4.31 Å². The van der Waals surface area contributed by atoms with Crippen LogP contribution in [-0.4, -0.2) is 38.1 Å². The summed E-state index contributed by atoms with van der Waals surface area (Å²) in [5.41, 5.74) is 1.99. The van der Waals surface area contributed by atoms with E-state index in [1.807, 2.05) is 6.07 Å². The molecule has 1 aliphatic heterocycles. The summed E-state index contributed by atoms with van der Waals surface area (Å²) in [5.74, 6) is -0.512. The van der Waals surface area contributed by atoms with E-state index in [-0.39, 0.29) is 17.3 Å². The fourth-order valence-corrected chi connectivity index (χ4v) is 4.52. The molecule has 7 nitrogen and oxygen atoms in total. The largest absolute Gasteiger partial charge is 0.326 e. The van der Waals surface area contributed by atoms with Gasteiger partial charge in [-0.1, -0.05) is 22.0 Å². The van der Waals surface area contributed by atoms with E-state index in [4.69, 9.17) is 0 Å². The maximum absolute atomic E-state index is 12.9. The molecule has 28 heavy (non-hydrogen) atoms. The van der Waals surface area contributed by atoms with Gasteiger partial charge in [-0.3, -0.25) is 9.59 Å². The zero-order chi connectivity index (χ0) is 20.3. The number of rotatable bonds is 5. The number of anilines is 2. The quantitative estimate of drug-likeness (QED) is 0.709. The second-order valence-electron chi connectivity index (χ2n) is 6.54. The van der Waals surface area contributed by atoms with E-state index in [9.17, 15) is 18.0 Å². The van der Waals surface area contributed by atoms with Gasteiger partial charge in [0.15, 0.2) is 0 Å². The van der Waals surface area contributed by atoms with E-state index >= 15 is 0 Å². The lowest BCUT2D eigenvalue weighted by Crippen LogP contribution is -2.35. The fraction of sp³-hybridized carbons (Fsp3) is 0.263. The lowest BCUT2D eigenvalue weighted by molar-refractivity contribution is -0.117. The van der Waals surface area contributed by atoms with Gasteiger partial charge in [0.05, 0.1) is 11.4 Å². The highest BCUT2D eigenvalue weighted by Gasteiger charge is 2.25. The van der Waals surface area contributed by atoms with Crippen molar-refractivity contribution in [2.24, 2.45) is 0 Å². The number of likely N-dealkylation sites (N-methyl/N-ethyl adjacent to an activating group) is 1. The van der Waals surface area contributed by atoms with E-state index in [2.05, 4.69) is 26.6 Å². The van der Waals surface area contributed by atoms with Crippen LogP contribution in [-0.2, 0) is 26.0 Å². The SMILES string of the molecule is CN(CC(=O)Nc1cccc(Br)c1)S(=O)(=O)c1ccc2c(c1)CCCC(=O)N2. The highest BCUT2D eigenvalue weighted by molar-refractivity contribution is 9.10. The first-order valence-corrected chi connectivity index (χ1v) is 10.9. The maximum atomic E-state index is 12.9. The Morgan fingerprint density at radius 1 is 1.21 bits per heavy atom. The molecule has 0 atom stereocenters. The van der Waals surface area contributed by atoms with Crippen LogP contribution in [0.25, 0.3) is 0 Å². The lowest BCUT2D eigenvalue weighted by atomic mass is 10.1. The third kappa shape index (κ3) is 4.78. The van der Waals surface area contributed by atoms with Crippen LogP contribution in [0.2, 0.25) is 0 Å². The van der Waals surface area contributed by atoms with Crippen LogP contribution in [0.1, 0.15) is 18.4 Å². The van der Waals surface area contributed by atoms with Gasteiger partial charge in [-0.25, -0.2) is 8.42 Å². The second-order valence-corrected chi connectivity index (χ2v) is 9.50. The van der Waals surface area contributed by atoms with E-state index in [0.29, 0.717) is 30.6 Å². The van der Waals surface area contributed by atoms with Crippen molar-refractivity contribution in [3.05, 3.63) is 52.5 Å². The molecule has 1 heterocycles. The number of hydrogen-bond acceptors (Lipinski definition) is 4. The zero-order valence-corrected chi connectivity index (χ0v) is 17.6. The van der Waals surface area contributed by atoms with Gasteiger partial charge in [0, 0.05) is 29.3 Å². The van der Waals surface area contributed by atoms with Crippen LogP contribution in [0.15, 0.2) is 51.8 Å². The van der Waals surface area contributed by atoms with Crippen molar-refractivity contribution in [3.8, 4) is 0 Å². The molecule has 0 unspecified atom stereocenters. The molecule has 0 saturated carbocycles. The molecule has 9 heteroatoms. The van der Waals surface area contributed by atoms with Crippen LogP contribution in [0.5, 0.6) is 0 Å². The standard InChI is InChI=1S/C19H20BrN3O4S/c1-23(12-19(25)21-15-6-3-5-14(20)11-15)28(26,27)16-8-9-17-13(10-16)4-2-7-18(24)22-17/h3,5-6,8-11H,2,4,7,12H2,1H3,(H,21,25)(H,22,24). The summed E-state index contributed by atoms with van der Waals surface area (Å²) in [6.07, 6.45) is 1.68. The topological polar surface area (TPSA) is 95.6 Å². The molecule has 0 radical (unpaired) electrons. The minimum Gasteiger partial charge on any atom is -0.326 e. The molecule has 2 amide bonds. The number of carbonyl (C=O) groups excluding carboxylic acids is 2. The average Bonchev–Trinajstić information content (AvgIpc) is 2.81. The van der Waals surface area contributed by atoms with Crippen molar-refractivity contribution in [2.45, 2.75) is 24.2 Å². The van der Waals surface area contributed by atoms with Gasteiger partial charge in [0.2, 0.25) is 21.8 Å². The Bertz CT molecular complexity index is 1020. The third-order valence-electron chi connectivity index (χ3n) is 4.38. The summed E-state index contributed by atoms with van der Waals surface area (Å²) in [5, 5.41) is 5.46. The van der Waals surface area contributed by atoms with Crippen LogP contribution in [0, 0.1) is 0 Å². The second kappa shape index (κ2) is 8.42. The molecular formula is C19H20BrN3O4S. The van der Waals surface area contributed by atoms with Crippen molar-refractivity contribution in [2.75, 3.05) is 24.2 Å². The van der Waals surface area contributed by atoms with Gasteiger partial charge >= 0.3 is 0 Å². The van der Waals surface area contributed by atoms with Crippen molar-refractivity contribution in [1.29, 1.82) is 0 Å². The molecule has 2 N–H and O–H groups in total. The van der Waals surface area contributed by atoms with E-state index in [1.165, 1.54) is 13.1 Å². The molecule has 1 aliphatic rings. The smallest absolute Gasteiger partial charge is 0.243 e. The first-order chi connectivity index (χ1) is 13.3. The Hall–Kier alpha value is -2.23. The number of fused-ring (bicyclic) bond motifs is 1. The Morgan fingerprint density at radius 2 is 2.00 bits per heavy atom. The number of nitrogens with one attached hydrogen (secondary N) is 2. The van der Waals surface area contributed by atoms with Crippen LogP contribution in [0.4, 0.5) is 11.4 Å². The number of amides is 2. The third-order valence-corrected chi connectivity index (χ3v) is 6.68. The molecule has 0 aromatic heterocycles. The number of benzene rings is 2. The first kappa shape index (κ1) is 20.5. The summed E-state index contributed by atoms with van der Waals surface area (Å²) in [6.45, 7) is -0.317. The predicted molar refractivity (Wildman–Crippen MR) is 111 cm³/mol. The molecule has 2 aromatic rings. The highest BCUT2D eigenvalue weighted by Crippen LogP contribution is 2.26. The summed E-state index contributed by atoms with van der Waals surface area (Å²) >= 11 is 3.32.